The van der Waals surface area contributed by atoms with E-state index in [0.29, 0.717) is 5.41 Å². The minimum atomic E-state index is 0.489. The third-order valence-corrected chi connectivity index (χ3v) is 3.78. The van der Waals surface area contributed by atoms with Crippen LogP contribution in [0.5, 0.6) is 0 Å². The van der Waals surface area contributed by atoms with Crippen molar-refractivity contribution in [3.05, 3.63) is 0 Å². The van der Waals surface area contributed by atoms with Crippen molar-refractivity contribution in [1.29, 1.82) is 0 Å². The summed E-state index contributed by atoms with van der Waals surface area (Å²) in [5.74, 6) is 1.76. The van der Waals surface area contributed by atoms with Crippen molar-refractivity contribution in [2.45, 2.75) is 47.5 Å². The van der Waals surface area contributed by atoms with Crippen LogP contribution in [0.2, 0.25) is 0 Å². The van der Waals surface area contributed by atoms with Gasteiger partial charge in [-0.15, -0.1) is 0 Å². The molecule has 14 heavy (non-hydrogen) atoms. The molecule has 0 aliphatic carbocycles. The topological polar surface area (TPSA) is 3.24 Å². The minimum Gasteiger partial charge on any atom is -0.303 e. The van der Waals surface area contributed by atoms with Crippen LogP contribution in [0.4, 0.5) is 0 Å². The molecule has 1 saturated heterocycles. The number of hydrogen-bond acceptors (Lipinski definition) is 1. The molecular formula is C13H27N. The quantitative estimate of drug-likeness (QED) is 0.623. The molecule has 1 heterocycles. The molecule has 84 valence electrons. The zero-order valence-corrected chi connectivity index (χ0v) is 10.6. The molecule has 1 aliphatic rings. The Kier molecular flexibility index (Phi) is 4.00. The summed E-state index contributed by atoms with van der Waals surface area (Å²) in [5.41, 5.74) is 0.489. The fraction of sp³-hybridized carbons (Fsp3) is 1.00. The van der Waals surface area contributed by atoms with E-state index in [0.717, 1.165) is 11.8 Å². The molecule has 0 N–H and O–H groups in total. The van der Waals surface area contributed by atoms with Crippen LogP contribution in [0.3, 0.4) is 0 Å². The standard InChI is InChI=1S/C13H27N/c1-6-14-9-7-8-12(11(2)10-14)13(3,4)5/h11-12H,6-10H2,1-5H3. The summed E-state index contributed by atoms with van der Waals surface area (Å²) in [7, 11) is 0. The smallest absolute Gasteiger partial charge is 0.000975 e. The van der Waals surface area contributed by atoms with Crippen LogP contribution in [-0.2, 0) is 0 Å². The lowest BCUT2D eigenvalue weighted by molar-refractivity contribution is 0.147. The molecule has 0 aromatic heterocycles. The van der Waals surface area contributed by atoms with E-state index in [1.165, 1.54) is 32.5 Å². The van der Waals surface area contributed by atoms with Crippen molar-refractivity contribution in [2.24, 2.45) is 17.3 Å². The Morgan fingerprint density at radius 2 is 1.93 bits per heavy atom. The predicted octanol–water partition coefficient (Wildman–Crippen LogP) is 3.40. The van der Waals surface area contributed by atoms with Gasteiger partial charge in [0.15, 0.2) is 0 Å². The van der Waals surface area contributed by atoms with Gasteiger partial charge in [-0.05, 0) is 43.2 Å². The van der Waals surface area contributed by atoms with Gasteiger partial charge in [0, 0.05) is 6.54 Å². The lowest BCUT2D eigenvalue weighted by Crippen LogP contribution is -2.32. The number of likely N-dealkylation sites (tertiary alicyclic amines) is 1. The van der Waals surface area contributed by atoms with Crippen LogP contribution in [0.1, 0.15) is 47.5 Å². The Morgan fingerprint density at radius 3 is 2.43 bits per heavy atom. The zero-order valence-electron chi connectivity index (χ0n) is 10.6. The summed E-state index contributed by atoms with van der Waals surface area (Å²) in [6.45, 7) is 15.8. The Balaban J connectivity index is 2.62. The zero-order chi connectivity index (χ0) is 10.8. The fourth-order valence-electron chi connectivity index (χ4n) is 3.02. The number of rotatable bonds is 1. The Bertz CT molecular complexity index is 169. The summed E-state index contributed by atoms with van der Waals surface area (Å²) in [6.07, 6.45) is 2.81. The minimum absolute atomic E-state index is 0.489. The lowest BCUT2D eigenvalue weighted by atomic mass is 9.72. The van der Waals surface area contributed by atoms with Gasteiger partial charge in [-0.25, -0.2) is 0 Å². The molecule has 0 amide bonds. The van der Waals surface area contributed by atoms with Crippen molar-refractivity contribution in [3.8, 4) is 0 Å². The first-order valence-electron chi connectivity index (χ1n) is 6.17. The van der Waals surface area contributed by atoms with Gasteiger partial charge in [-0.1, -0.05) is 34.6 Å². The summed E-state index contributed by atoms with van der Waals surface area (Å²) >= 11 is 0. The van der Waals surface area contributed by atoms with Crippen LogP contribution < -0.4 is 0 Å². The molecule has 0 aromatic rings. The summed E-state index contributed by atoms with van der Waals surface area (Å²) in [4.78, 5) is 2.61. The van der Waals surface area contributed by atoms with Crippen LogP contribution in [0.15, 0.2) is 0 Å². The van der Waals surface area contributed by atoms with Crippen molar-refractivity contribution in [1.82, 2.24) is 4.90 Å². The highest BCUT2D eigenvalue weighted by molar-refractivity contribution is 4.82. The van der Waals surface area contributed by atoms with Crippen LogP contribution in [0.25, 0.3) is 0 Å². The summed E-state index contributed by atoms with van der Waals surface area (Å²) < 4.78 is 0. The highest BCUT2D eigenvalue weighted by atomic mass is 15.1. The van der Waals surface area contributed by atoms with Crippen LogP contribution in [0, 0.1) is 17.3 Å². The van der Waals surface area contributed by atoms with Crippen LogP contribution >= 0.6 is 0 Å². The molecule has 1 fully saturated rings. The Labute approximate surface area is 89.9 Å². The second-order valence-corrected chi connectivity index (χ2v) is 5.99. The number of hydrogen-bond donors (Lipinski definition) is 0. The van der Waals surface area contributed by atoms with Gasteiger partial charge in [0.1, 0.15) is 0 Å². The molecule has 2 unspecified atom stereocenters. The second-order valence-electron chi connectivity index (χ2n) is 5.99. The first kappa shape index (κ1) is 12.0. The van der Waals surface area contributed by atoms with Crippen molar-refractivity contribution < 1.29 is 0 Å². The Morgan fingerprint density at radius 1 is 1.29 bits per heavy atom. The van der Waals surface area contributed by atoms with E-state index >= 15 is 0 Å². The largest absolute Gasteiger partial charge is 0.303 e. The van der Waals surface area contributed by atoms with Crippen molar-refractivity contribution >= 4 is 0 Å². The highest BCUT2D eigenvalue weighted by Crippen LogP contribution is 2.37. The average Bonchev–Trinajstić information content (AvgIpc) is 2.25. The maximum Gasteiger partial charge on any atom is 0.000975 e. The van der Waals surface area contributed by atoms with Gasteiger partial charge in [0.2, 0.25) is 0 Å². The fourth-order valence-corrected chi connectivity index (χ4v) is 3.02. The molecule has 1 nitrogen and oxygen atoms in total. The molecule has 1 heteroatoms. The van der Waals surface area contributed by atoms with Gasteiger partial charge in [0.05, 0.1) is 0 Å². The van der Waals surface area contributed by atoms with Gasteiger partial charge >= 0.3 is 0 Å². The molecule has 0 radical (unpaired) electrons. The lowest BCUT2D eigenvalue weighted by Gasteiger charge is -2.35. The highest BCUT2D eigenvalue weighted by Gasteiger charge is 2.31. The first-order chi connectivity index (χ1) is 6.45. The molecule has 0 saturated carbocycles. The van der Waals surface area contributed by atoms with Gasteiger partial charge in [0.25, 0.3) is 0 Å². The Hall–Kier alpha value is -0.0400. The molecule has 2 atom stereocenters. The van der Waals surface area contributed by atoms with Gasteiger partial charge in [-0.3, -0.25) is 0 Å². The maximum atomic E-state index is 2.61. The van der Waals surface area contributed by atoms with Gasteiger partial charge < -0.3 is 4.90 Å². The molecular weight excluding hydrogens is 170 g/mol. The monoisotopic (exact) mass is 197 g/mol. The van der Waals surface area contributed by atoms with E-state index in [-0.39, 0.29) is 0 Å². The SMILES string of the molecule is CCN1CCCC(C(C)(C)C)C(C)C1. The van der Waals surface area contributed by atoms with E-state index in [1.54, 1.807) is 0 Å². The van der Waals surface area contributed by atoms with E-state index in [2.05, 4.69) is 39.5 Å². The molecule has 0 aromatic carbocycles. The molecule has 0 spiro atoms. The molecule has 1 rings (SSSR count). The van der Waals surface area contributed by atoms with Crippen molar-refractivity contribution in [3.63, 3.8) is 0 Å². The van der Waals surface area contributed by atoms with Gasteiger partial charge in [-0.2, -0.15) is 0 Å². The molecule has 0 bridgehead atoms. The third-order valence-electron chi connectivity index (χ3n) is 3.78. The normalized spacial score (nSPS) is 31.5. The van der Waals surface area contributed by atoms with E-state index in [1.807, 2.05) is 0 Å². The van der Waals surface area contributed by atoms with Crippen LogP contribution in [-0.4, -0.2) is 24.5 Å². The van der Waals surface area contributed by atoms with E-state index in [4.69, 9.17) is 0 Å². The van der Waals surface area contributed by atoms with Crippen molar-refractivity contribution in [2.75, 3.05) is 19.6 Å². The predicted molar refractivity (Wildman–Crippen MR) is 63.5 cm³/mol. The first-order valence-corrected chi connectivity index (χ1v) is 6.17. The maximum absolute atomic E-state index is 2.61. The molecule has 1 aliphatic heterocycles. The third kappa shape index (κ3) is 2.98. The van der Waals surface area contributed by atoms with E-state index in [9.17, 15) is 0 Å². The number of nitrogens with zero attached hydrogens (tertiary/aromatic N) is 1. The second kappa shape index (κ2) is 4.65. The van der Waals surface area contributed by atoms with E-state index < -0.39 is 0 Å². The summed E-state index contributed by atoms with van der Waals surface area (Å²) in [5, 5.41) is 0. The average molecular weight is 197 g/mol. The summed E-state index contributed by atoms with van der Waals surface area (Å²) in [6, 6.07) is 0.